The molecule has 1 aromatic rings. The lowest BCUT2D eigenvalue weighted by atomic mass is 9.95. The number of aromatic nitrogens is 1. The van der Waals surface area contributed by atoms with Gasteiger partial charge in [0.15, 0.2) is 0 Å². The summed E-state index contributed by atoms with van der Waals surface area (Å²) in [7, 11) is 3.72. The monoisotopic (exact) mass is 321 g/mol. The van der Waals surface area contributed by atoms with E-state index in [1.54, 1.807) is 4.90 Å². The van der Waals surface area contributed by atoms with E-state index in [1.807, 2.05) is 25.4 Å². The maximum Gasteiger partial charge on any atom is 0.225 e. The summed E-state index contributed by atoms with van der Waals surface area (Å²) in [6, 6.07) is 0. The second-order valence-corrected chi connectivity index (χ2v) is 8.08. The zero-order valence-electron chi connectivity index (χ0n) is 13.8. The van der Waals surface area contributed by atoms with Crippen molar-refractivity contribution in [1.82, 2.24) is 14.8 Å². The minimum absolute atomic E-state index is 0.224. The Bertz CT molecular complexity index is 500. The van der Waals surface area contributed by atoms with Crippen LogP contribution in [0, 0.1) is 5.92 Å². The van der Waals surface area contributed by atoms with Crippen molar-refractivity contribution in [3.63, 3.8) is 0 Å². The van der Waals surface area contributed by atoms with Crippen molar-refractivity contribution in [2.45, 2.75) is 51.0 Å². The summed E-state index contributed by atoms with van der Waals surface area (Å²) in [4.78, 5) is 22.3. The largest absolute Gasteiger partial charge is 0.349 e. The third-order valence-electron chi connectivity index (χ3n) is 5.03. The topological polar surface area (TPSA) is 36.4 Å². The molecule has 2 aliphatic rings. The molecule has 1 saturated carbocycles. The van der Waals surface area contributed by atoms with E-state index in [9.17, 15) is 4.79 Å². The molecular weight excluding hydrogens is 294 g/mol. The molecule has 4 nitrogen and oxygen atoms in total. The molecule has 1 amide bonds. The number of piperidine rings is 1. The normalized spacial score (nSPS) is 21.4. The van der Waals surface area contributed by atoms with E-state index in [-0.39, 0.29) is 5.92 Å². The molecule has 0 aromatic carbocycles. The third kappa shape index (κ3) is 3.69. The number of hydrogen-bond donors (Lipinski definition) is 0. The summed E-state index contributed by atoms with van der Waals surface area (Å²) >= 11 is 1.91. The van der Waals surface area contributed by atoms with Crippen LogP contribution in [0.5, 0.6) is 0 Å². The first-order valence-electron chi connectivity index (χ1n) is 8.51. The van der Waals surface area contributed by atoms with Crippen LogP contribution in [0.4, 0.5) is 0 Å². The van der Waals surface area contributed by atoms with E-state index in [0.717, 1.165) is 38.4 Å². The van der Waals surface area contributed by atoms with Gasteiger partial charge in [-0.05, 0) is 38.8 Å². The number of nitrogens with zero attached hydrogens (tertiary/aromatic N) is 3. The summed E-state index contributed by atoms with van der Waals surface area (Å²) < 4.78 is 0. The lowest BCUT2D eigenvalue weighted by molar-refractivity contribution is -0.134. The van der Waals surface area contributed by atoms with E-state index < -0.39 is 0 Å². The van der Waals surface area contributed by atoms with Gasteiger partial charge in [-0.25, -0.2) is 4.98 Å². The van der Waals surface area contributed by atoms with Gasteiger partial charge in [-0.3, -0.25) is 9.69 Å². The van der Waals surface area contributed by atoms with Crippen molar-refractivity contribution in [1.29, 1.82) is 0 Å². The van der Waals surface area contributed by atoms with Crippen molar-refractivity contribution in [2.75, 3.05) is 27.2 Å². The van der Waals surface area contributed by atoms with Crippen molar-refractivity contribution >= 4 is 17.2 Å². The molecule has 2 fully saturated rings. The molecule has 0 bridgehead atoms. The average molecular weight is 321 g/mol. The Morgan fingerprint density at radius 2 is 1.95 bits per heavy atom. The maximum atomic E-state index is 12.0. The number of thiazole rings is 1. The van der Waals surface area contributed by atoms with Crippen molar-refractivity contribution in [2.24, 2.45) is 5.92 Å². The van der Waals surface area contributed by atoms with Crippen LogP contribution < -0.4 is 0 Å². The number of likely N-dealkylation sites (tertiary alicyclic amines) is 1. The van der Waals surface area contributed by atoms with E-state index in [0.29, 0.717) is 5.91 Å². The molecule has 1 aromatic heterocycles. The van der Waals surface area contributed by atoms with Crippen LogP contribution in [0.2, 0.25) is 0 Å². The molecule has 0 atom stereocenters. The standard InChI is InChI=1S/C17H27N3OS/c1-19(2)17(21)14-7-9-20(10-8-14)12-15-11-18-16(22-15)13-5-3-4-6-13/h11,13-14H,3-10,12H2,1-2H3. The first kappa shape index (κ1) is 15.9. The van der Waals surface area contributed by atoms with Gasteiger partial charge in [-0.15, -0.1) is 11.3 Å². The summed E-state index contributed by atoms with van der Waals surface area (Å²) in [6.07, 6.45) is 9.45. The van der Waals surface area contributed by atoms with Crippen LogP contribution in [0.1, 0.15) is 54.3 Å². The lowest BCUT2D eigenvalue weighted by Gasteiger charge is -2.32. The molecule has 0 radical (unpaired) electrons. The van der Waals surface area contributed by atoms with Gasteiger partial charge >= 0.3 is 0 Å². The predicted molar refractivity (Wildman–Crippen MR) is 90.0 cm³/mol. The highest BCUT2D eigenvalue weighted by molar-refractivity contribution is 7.11. The molecule has 1 aliphatic heterocycles. The lowest BCUT2D eigenvalue weighted by Crippen LogP contribution is -2.39. The second-order valence-electron chi connectivity index (χ2n) is 6.93. The van der Waals surface area contributed by atoms with Crippen LogP contribution in [0.15, 0.2) is 6.20 Å². The van der Waals surface area contributed by atoms with Gasteiger partial charge in [0.2, 0.25) is 5.91 Å². The van der Waals surface area contributed by atoms with Crippen LogP contribution in [0.25, 0.3) is 0 Å². The summed E-state index contributed by atoms with van der Waals surface area (Å²) in [6.45, 7) is 3.06. The average Bonchev–Trinajstić information content (AvgIpc) is 3.18. The van der Waals surface area contributed by atoms with Gasteiger partial charge in [0.1, 0.15) is 0 Å². The molecule has 1 saturated heterocycles. The van der Waals surface area contributed by atoms with Crippen LogP contribution in [-0.4, -0.2) is 47.9 Å². The first-order valence-corrected chi connectivity index (χ1v) is 9.33. The predicted octanol–water partition coefficient (Wildman–Crippen LogP) is 3.10. The third-order valence-corrected chi connectivity index (χ3v) is 6.18. The van der Waals surface area contributed by atoms with Crippen molar-refractivity contribution < 1.29 is 4.79 Å². The van der Waals surface area contributed by atoms with Crippen molar-refractivity contribution in [3.8, 4) is 0 Å². The molecule has 0 unspecified atom stereocenters. The number of rotatable bonds is 4. The summed E-state index contributed by atoms with van der Waals surface area (Å²) in [5, 5.41) is 1.35. The second kappa shape index (κ2) is 7.09. The Hall–Kier alpha value is -0.940. The summed E-state index contributed by atoms with van der Waals surface area (Å²) in [5.74, 6) is 1.24. The minimum atomic E-state index is 0.224. The van der Waals surface area contributed by atoms with Crippen LogP contribution in [0.3, 0.4) is 0 Å². The number of amides is 1. The molecule has 2 heterocycles. The van der Waals surface area contributed by atoms with Crippen molar-refractivity contribution in [3.05, 3.63) is 16.1 Å². The Morgan fingerprint density at radius 1 is 1.27 bits per heavy atom. The minimum Gasteiger partial charge on any atom is -0.349 e. The maximum absolute atomic E-state index is 12.0. The van der Waals surface area contributed by atoms with E-state index in [1.165, 1.54) is 35.6 Å². The zero-order chi connectivity index (χ0) is 15.5. The fraction of sp³-hybridized carbons (Fsp3) is 0.765. The van der Waals surface area contributed by atoms with Gasteiger partial charge in [0.05, 0.1) is 5.01 Å². The highest BCUT2D eigenvalue weighted by Gasteiger charge is 2.26. The smallest absolute Gasteiger partial charge is 0.225 e. The molecule has 0 spiro atoms. The molecule has 0 N–H and O–H groups in total. The highest BCUT2D eigenvalue weighted by Crippen LogP contribution is 2.36. The van der Waals surface area contributed by atoms with Gasteiger partial charge < -0.3 is 4.90 Å². The quantitative estimate of drug-likeness (QED) is 0.855. The van der Waals surface area contributed by atoms with E-state index in [2.05, 4.69) is 16.1 Å². The molecule has 1 aliphatic carbocycles. The first-order chi connectivity index (χ1) is 10.6. The van der Waals surface area contributed by atoms with Gasteiger partial charge in [0.25, 0.3) is 0 Å². The van der Waals surface area contributed by atoms with Gasteiger partial charge in [-0.2, -0.15) is 0 Å². The van der Waals surface area contributed by atoms with E-state index >= 15 is 0 Å². The highest BCUT2D eigenvalue weighted by atomic mass is 32.1. The molecule has 3 rings (SSSR count). The number of carbonyl (C=O) groups is 1. The molecule has 22 heavy (non-hydrogen) atoms. The van der Waals surface area contributed by atoms with Gasteiger partial charge in [0, 0.05) is 43.5 Å². The fourth-order valence-corrected chi connectivity index (χ4v) is 4.81. The van der Waals surface area contributed by atoms with Gasteiger partial charge in [-0.1, -0.05) is 12.8 Å². The van der Waals surface area contributed by atoms with E-state index in [4.69, 9.17) is 0 Å². The molecule has 122 valence electrons. The SMILES string of the molecule is CN(C)C(=O)C1CCN(Cc2cnc(C3CCCC3)s2)CC1. The molecule has 5 heteroatoms. The zero-order valence-corrected chi connectivity index (χ0v) is 14.6. The number of hydrogen-bond acceptors (Lipinski definition) is 4. The van der Waals surface area contributed by atoms with Crippen LogP contribution in [-0.2, 0) is 11.3 Å². The Balaban J connectivity index is 1.49. The molecular formula is C17H27N3OS. The Morgan fingerprint density at radius 3 is 2.59 bits per heavy atom. The summed E-state index contributed by atoms with van der Waals surface area (Å²) in [5.41, 5.74) is 0. The fourth-order valence-electron chi connectivity index (χ4n) is 3.68. The number of carbonyl (C=O) groups excluding carboxylic acids is 1. The van der Waals surface area contributed by atoms with Crippen LogP contribution >= 0.6 is 11.3 Å². The Kier molecular flexibility index (Phi) is 5.14. The Labute approximate surface area is 137 Å².